The smallest absolute Gasteiger partial charge is 0.0463 e. The molecule has 94 valence electrons. The fourth-order valence-electron chi connectivity index (χ4n) is 2.24. The minimum absolute atomic E-state index is 0.334. The van der Waals surface area contributed by atoms with Crippen LogP contribution in [0.3, 0.4) is 0 Å². The summed E-state index contributed by atoms with van der Waals surface area (Å²) in [6, 6.07) is 10.8. The van der Waals surface area contributed by atoms with Crippen molar-refractivity contribution in [2.75, 3.05) is 0 Å². The van der Waals surface area contributed by atoms with Crippen LogP contribution in [0.5, 0.6) is 0 Å². The maximum absolute atomic E-state index is 4.07. The van der Waals surface area contributed by atoms with Crippen LogP contribution in [0.1, 0.15) is 39.9 Å². The van der Waals surface area contributed by atoms with Gasteiger partial charge >= 0.3 is 0 Å². The molecule has 0 aliphatic carbocycles. The maximum Gasteiger partial charge on any atom is 0.0463 e. The lowest BCUT2D eigenvalue weighted by molar-refractivity contribution is 0.746. The number of aromatic nitrogens is 1. The molecule has 0 aliphatic heterocycles. The van der Waals surface area contributed by atoms with Gasteiger partial charge in [0.25, 0.3) is 0 Å². The second-order valence-electron chi connectivity index (χ2n) is 4.83. The third-order valence-electron chi connectivity index (χ3n) is 3.39. The highest BCUT2D eigenvalue weighted by molar-refractivity contribution is 9.09. The van der Waals surface area contributed by atoms with Crippen molar-refractivity contribution in [2.24, 2.45) is 0 Å². The number of hydrogen-bond donors (Lipinski definition) is 0. The van der Waals surface area contributed by atoms with Gasteiger partial charge in [0.15, 0.2) is 0 Å². The molecule has 0 fully saturated rings. The van der Waals surface area contributed by atoms with Crippen molar-refractivity contribution in [3.05, 3.63) is 65.0 Å². The summed E-state index contributed by atoms with van der Waals surface area (Å²) in [5.41, 5.74) is 5.34. The van der Waals surface area contributed by atoms with Gasteiger partial charge in [0.1, 0.15) is 0 Å². The first kappa shape index (κ1) is 13.3. The van der Waals surface area contributed by atoms with E-state index in [1.165, 1.54) is 22.3 Å². The molecule has 2 aromatic rings. The van der Waals surface area contributed by atoms with E-state index in [2.05, 4.69) is 72.0 Å². The summed E-state index contributed by atoms with van der Waals surface area (Å²) < 4.78 is 0. The number of aryl methyl sites for hydroxylation is 2. The lowest BCUT2D eigenvalue weighted by atomic mass is 9.91. The van der Waals surface area contributed by atoms with Crippen molar-refractivity contribution >= 4 is 15.9 Å². The summed E-state index contributed by atoms with van der Waals surface area (Å²) >= 11 is 3.84. The van der Waals surface area contributed by atoms with E-state index in [1.54, 1.807) is 0 Å². The summed E-state index contributed by atoms with van der Waals surface area (Å²) in [5.74, 6) is 0.425. The first-order valence-corrected chi connectivity index (χ1v) is 7.12. The van der Waals surface area contributed by atoms with Gasteiger partial charge in [0, 0.05) is 17.2 Å². The second kappa shape index (κ2) is 5.66. The van der Waals surface area contributed by atoms with Crippen molar-refractivity contribution in [3.8, 4) is 0 Å². The van der Waals surface area contributed by atoms with Gasteiger partial charge in [-0.3, -0.25) is 4.98 Å². The molecule has 18 heavy (non-hydrogen) atoms. The van der Waals surface area contributed by atoms with Crippen LogP contribution in [-0.4, -0.2) is 4.98 Å². The maximum atomic E-state index is 4.07. The first-order chi connectivity index (χ1) is 8.59. The van der Waals surface area contributed by atoms with Gasteiger partial charge in [-0.25, -0.2) is 0 Å². The first-order valence-electron chi connectivity index (χ1n) is 6.20. The molecule has 0 radical (unpaired) electrons. The molecule has 2 heteroatoms. The molecule has 1 heterocycles. The van der Waals surface area contributed by atoms with Crippen LogP contribution in [0.2, 0.25) is 0 Å². The molecule has 0 saturated carbocycles. The van der Waals surface area contributed by atoms with Crippen molar-refractivity contribution in [1.29, 1.82) is 0 Å². The van der Waals surface area contributed by atoms with Crippen LogP contribution in [0.25, 0.3) is 0 Å². The SMILES string of the molecule is Cc1ccc(C(Br)C(C)c2ccncc2)c(C)c1. The highest BCUT2D eigenvalue weighted by Gasteiger charge is 2.19. The summed E-state index contributed by atoms with van der Waals surface area (Å²) in [6.45, 7) is 6.55. The lowest BCUT2D eigenvalue weighted by Gasteiger charge is -2.21. The van der Waals surface area contributed by atoms with Crippen LogP contribution >= 0.6 is 15.9 Å². The number of benzene rings is 1. The number of rotatable bonds is 3. The number of nitrogens with zero attached hydrogens (tertiary/aromatic N) is 1. The Morgan fingerprint density at radius 3 is 2.33 bits per heavy atom. The molecule has 2 unspecified atom stereocenters. The minimum Gasteiger partial charge on any atom is -0.265 e. The average Bonchev–Trinajstić information content (AvgIpc) is 2.38. The van der Waals surface area contributed by atoms with E-state index in [0.717, 1.165) is 0 Å². The van der Waals surface area contributed by atoms with E-state index in [1.807, 2.05) is 12.4 Å². The molecule has 1 nitrogen and oxygen atoms in total. The number of halogens is 1. The average molecular weight is 304 g/mol. The Hall–Kier alpha value is -1.15. The molecule has 0 N–H and O–H groups in total. The Balaban J connectivity index is 2.28. The summed E-state index contributed by atoms with van der Waals surface area (Å²) in [7, 11) is 0. The Morgan fingerprint density at radius 1 is 1.06 bits per heavy atom. The highest BCUT2D eigenvalue weighted by Crippen LogP contribution is 2.38. The molecule has 2 rings (SSSR count). The van der Waals surface area contributed by atoms with E-state index in [0.29, 0.717) is 10.7 Å². The fraction of sp³-hybridized carbons (Fsp3) is 0.312. The monoisotopic (exact) mass is 303 g/mol. The highest BCUT2D eigenvalue weighted by atomic mass is 79.9. The predicted molar refractivity (Wildman–Crippen MR) is 80.2 cm³/mol. The van der Waals surface area contributed by atoms with E-state index >= 15 is 0 Å². The zero-order valence-electron chi connectivity index (χ0n) is 11.0. The zero-order valence-corrected chi connectivity index (χ0v) is 12.6. The number of hydrogen-bond acceptors (Lipinski definition) is 1. The van der Waals surface area contributed by atoms with Gasteiger partial charge in [0.05, 0.1) is 0 Å². The minimum atomic E-state index is 0.334. The van der Waals surface area contributed by atoms with E-state index in [4.69, 9.17) is 0 Å². The van der Waals surface area contributed by atoms with Crippen LogP contribution < -0.4 is 0 Å². The Labute approximate surface area is 117 Å². The number of alkyl halides is 1. The van der Waals surface area contributed by atoms with Crippen molar-refractivity contribution in [2.45, 2.75) is 31.5 Å². The van der Waals surface area contributed by atoms with Crippen LogP contribution in [-0.2, 0) is 0 Å². The van der Waals surface area contributed by atoms with Crippen LogP contribution in [0, 0.1) is 13.8 Å². The Kier molecular flexibility index (Phi) is 4.18. The van der Waals surface area contributed by atoms with Crippen LogP contribution in [0.4, 0.5) is 0 Å². The van der Waals surface area contributed by atoms with Gasteiger partial charge in [-0.1, -0.05) is 46.6 Å². The molecular weight excluding hydrogens is 286 g/mol. The molecular formula is C16H18BrN. The number of pyridine rings is 1. The van der Waals surface area contributed by atoms with Gasteiger partial charge in [-0.15, -0.1) is 0 Å². The predicted octanol–water partition coefficient (Wildman–Crippen LogP) is 4.94. The molecule has 0 saturated heterocycles. The largest absolute Gasteiger partial charge is 0.265 e. The standard InChI is InChI=1S/C16H18BrN/c1-11-4-5-15(12(2)10-11)16(17)13(3)14-6-8-18-9-7-14/h4-10,13,16H,1-3H3. The molecule has 0 amide bonds. The summed E-state index contributed by atoms with van der Waals surface area (Å²) in [6.07, 6.45) is 3.71. The van der Waals surface area contributed by atoms with Crippen LogP contribution in [0.15, 0.2) is 42.7 Å². The van der Waals surface area contributed by atoms with E-state index in [9.17, 15) is 0 Å². The van der Waals surface area contributed by atoms with Gasteiger partial charge in [-0.2, -0.15) is 0 Å². The quantitative estimate of drug-likeness (QED) is 0.732. The third-order valence-corrected chi connectivity index (χ3v) is 4.68. The summed E-state index contributed by atoms with van der Waals surface area (Å²) in [5, 5.41) is 0. The molecule has 1 aromatic heterocycles. The lowest BCUT2D eigenvalue weighted by Crippen LogP contribution is -2.04. The zero-order chi connectivity index (χ0) is 13.1. The molecule has 1 aromatic carbocycles. The van der Waals surface area contributed by atoms with Gasteiger partial charge < -0.3 is 0 Å². The molecule has 2 atom stereocenters. The Bertz CT molecular complexity index is 522. The molecule has 0 spiro atoms. The second-order valence-corrected chi connectivity index (χ2v) is 5.82. The Morgan fingerprint density at radius 2 is 1.72 bits per heavy atom. The van der Waals surface area contributed by atoms with Crippen molar-refractivity contribution in [1.82, 2.24) is 4.98 Å². The fourth-order valence-corrected chi connectivity index (χ4v) is 3.06. The topological polar surface area (TPSA) is 12.9 Å². The summed E-state index contributed by atoms with van der Waals surface area (Å²) in [4.78, 5) is 4.41. The normalized spacial score (nSPS) is 14.2. The van der Waals surface area contributed by atoms with Crippen molar-refractivity contribution in [3.63, 3.8) is 0 Å². The molecule has 0 aliphatic rings. The molecule has 0 bridgehead atoms. The van der Waals surface area contributed by atoms with E-state index < -0.39 is 0 Å². The van der Waals surface area contributed by atoms with Gasteiger partial charge in [0.2, 0.25) is 0 Å². The van der Waals surface area contributed by atoms with Crippen molar-refractivity contribution < 1.29 is 0 Å². The van der Waals surface area contributed by atoms with Gasteiger partial charge in [-0.05, 0) is 48.6 Å². The third kappa shape index (κ3) is 2.81. The van der Waals surface area contributed by atoms with E-state index in [-0.39, 0.29) is 0 Å².